The van der Waals surface area contributed by atoms with E-state index in [4.69, 9.17) is 9.47 Å². The number of anilines is 1. The molecule has 3 aromatic carbocycles. The minimum atomic E-state index is -5.04. The van der Waals surface area contributed by atoms with Crippen LogP contribution in [-0.4, -0.2) is 77.7 Å². The summed E-state index contributed by atoms with van der Waals surface area (Å²) in [6, 6.07) is 13.1. The highest BCUT2D eigenvalue weighted by molar-refractivity contribution is 7.91. The minimum Gasteiger partial charge on any atom is -0.417 e. The van der Waals surface area contributed by atoms with Gasteiger partial charge in [-0.2, -0.15) is 13.2 Å². The monoisotopic (exact) mass is 656 g/mol. The zero-order valence-corrected chi connectivity index (χ0v) is 26.6. The fraction of sp³-hybridized carbons (Fsp3) is 0.344. The number of benzene rings is 3. The molecule has 5 rings (SSSR count). The Balaban J connectivity index is 1.58. The molecule has 0 aromatic heterocycles. The molecule has 0 aliphatic carbocycles. The van der Waals surface area contributed by atoms with Crippen molar-refractivity contribution in [2.75, 3.05) is 45.8 Å². The maximum atomic E-state index is 14.2. The quantitative estimate of drug-likeness (QED) is 0.320. The molecule has 3 aromatic rings. The lowest BCUT2D eigenvalue weighted by Gasteiger charge is -2.25. The summed E-state index contributed by atoms with van der Waals surface area (Å²) in [6.45, 7) is 3.24. The molecule has 1 fully saturated rings. The van der Waals surface area contributed by atoms with Gasteiger partial charge in [0, 0.05) is 47.6 Å². The Bertz CT molecular complexity index is 1760. The van der Waals surface area contributed by atoms with Gasteiger partial charge in [0.1, 0.15) is 16.5 Å². The molecule has 2 aliphatic heterocycles. The van der Waals surface area contributed by atoms with Crippen LogP contribution in [0.1, 0.15) is 41.3 Å². The molecule has 1 unspecified atom stereocenters. The molecule has 2 aliphatic rings. The minimum absolute atomic E-state index is 0.0684. The maximum Gasteiger partial charge on any atom is 0.565 e. The van der Waals surface area contributed by atoms with Crippen molar-refractivity contribution in [3.05, 3.63) is 89.0 Å². The fourth-order valence-electron chi connectivity index (χ4n) is 5.39. The summed E-state index contributed by atoms with van der Waals surface area (Å²) in [5.41, 5.74) is 1.80. The number of hydrogen-bond donors (Lipinski definition) is 2. The van der Waals surface area contributed by atoms with Gasteiger partial charge >= 0.3 is 16.1 Å². The molecule has 1 atom stereocenters. The lowest BCUT2D eigenvalue weighted by Crippen LogP contribution is -2.53. The number of ether oxygens (including phenoxy) is 2. The van der Waals surface area contributed by atoms with Crippen LogP contribution >= 0.6 is 0 Å². The number of carbonyl (C=O) groups is 2. The number of nitrogens with zero attached hydrogens (tertiary/aromatic N) is 3. The summed E-state index contributed by atoms with van der Waals surface area (Å²) < 4.78 is 65.6. The Hall–Kier alpha value is -4.24. The normalized spacial score (nSPS) is 18.2. The van der Waals surface area contributed by atoms with E-state index < -0.39 is 42.6 Å². The number of rotatable bonds is 9. The second-order valence-electron chi connectivity index (χ2n) is 11.2. The van der Waals surface area contributed by atoms with Gasteiger partial charge in [-0.05, 0) is 81.3 Å². The van der Waals surface area contributed by atoms with Crippen molar-refractivity contribution < 1.29 is 36.3 Å². The van der Waals surface area contributed by atoms with E-state index in [1.54, 1.807) is 12.1 Å². The van der Waals surface area contributed by atoms with Crippen molar-refractivity contribution in [3.63, 3.8) is 0 Å². The lowest BCUT2D eigenvalue weighted by atomic mass is 10.0. The smallest absolute Gasteiger partial charge is 0.417 e. The molecule has 0 radical (unpaired) electrons. The first-order chi connectivity index (χ1) is 22.0. The molecular weight excluding hydrogens is 620 g/mol. The number of amidine groups is 1. The topological polar surface area (TPSA) is 126 Å². The molecule has 46 heavy (non-hydrogen) atoms. The van der Waals surface area contributed by atoms with Crippen LogP contribution in [-0.2, 0) is 25.9 Å². The Labute approximate surface area is 266 Å². The van der Waals surface area contributed by atoms with E-state index in [1.807, 2.05) is 26.2 Å². The van der Waals surface area contributed by atoms with Crippen LogP contribution in [0.5, 0.6) is 0 Å². The summed E-state index contributed by atoms with van der Waals surface area (Å²) in [5, 5.41) is 10.4. The van der Waals surface area contributed by atoms with Gasteiger partial charge in [0.25, 0.3) is 5.91 Å². The first-order valence-corrected chi connectivity index (χ1v) is 16.3. The molecule has 2 amide bonds. The van der Waals surface area contributed by atoms with Crippen LogP contribution in [0, 0.1) is 11.6 Å². The molecule has 14 heteroatoms. The molecule has 0 spiro atoms. The van der Waals surface area contributed by atoms with E-state index in [0.717, 1.165) is 31.4 Å². The molecule has 2 N–H and O–H groups in total. The highest BCUT2D eigenvalue weighted by Crippen LogP contribution is 2.42. The highest BCUT2D eigenvalue weighted by Gasteiger charge is 2.61. The van der Waals surface area contributed by atoms with Crippen LogP contribution in [0.4, 0.5) is 25.0 Å². The van der Waals surface area contributed by atoms with E-state index >= 15 is 0 Å². The van der Waals surface area contributed by atoms with Crippen molar-refractivity contribution in [2.24, 2.45) is 5.10 Å². The van der Waals surface area contributed by atoms with Gasteiger partial charge < -0.3 is 25.0 Å². The maximum absolute atomic E-state index is 14.2. The van der Waals surface area contributed by atoms with Crippen molar-refractivity contribution in [1.82, 2.24) is 14.2 Å². The van der Waals surface area contributed by atoms with Crippen molar-refractivity contribution in [2.45, 2.75) is 37.1 Å². The van der Waals surface area contributed by atoms with Crippen LogP contribution in [0.15, 0.2) is 70.7 Å². The number of nitrogens with one attached hydrogen (secondary N) is 2. The van der Waals surface area contributed by atoms with Gasteiger partial charge in [-0.15, -0.1) is 0 Å². The first-order valence-electron chi connectivity index (χ1n) is 14.9. The largest absolute Gasteiger partial charge is 0.565 e. The van der Waals surface area contributed by atoms with Gasteiger partial charge in [0.15, 0.2) is 5.69 Å². The number of para-hydroxylation sites is 1. The van der Waals surface area contributed by atoms with E-state index in [1.165, 1.54) is 25.1 Å². The third-order valence-corrected chi connectivity index (χ3v) is 9.67. The number of likely N-dealkylation sites (N-methyl/N-ethyl adjacent to an activating group) is 1. The van der Waals surface area contributed by atoms with E-state index in [0.29, 0.717) is 37.1 Å². The Morgan fingerprint density at radius 3 is 2.41 bits per heavy atom. The predicted molar refractivity (Wildman–Crippen MR) is 169 cm³/mol. The third kappa shape index (κ3) is 6.51. The zero-order valence-electron chi connectivity index (χ0n) is 25.8. The van der Waals surface area contributed by atoms with E-state index in [9.17, 15) is 26.8 Å². The second-order valence-corrected chi connectivity index (χ2v) is 13.2. The molecule has 11 nitrogen and oxygen atoms in total. The average molecular weight is 657 g/mol. The van der Waals surface area contributed by atoms with Gasteiger partial charge in [0.05, 0.1) is 17.7 Å². The zero-order chi connectivity index (χ0) is 33.1. The van der Waals surface area contributed by atoms with E-state index in [-0.39, 0.29) is 35.3 Å². The summed E-state index contributed by atoms with van der Waals surface area (Å²) in [6.07, 6.45) is 0.911. The Kier molecular flexibility index (Phi) is 9.82. The number of halogens is 2. The second kappa shape index (κ2) is 13.6. The summed E-state index contributed by atoms with van der Waals surface area (Å²) >= 11 is 0. The molecule has 244 valence electrons. The van der Waals surface area contributed by atoms with Crippen molar-refractivity contribution in [1.29, 1.82) is 0 Å². The standard InChI is InChI=1S/C32H35F2N5O6S/c1-4-45-32(41)39(46(42,43)25-19-22(33)18-23(34)20-25)29-8-6-5-7-27(29)30(37-39)36-31(40)26-10-9-21(11-14-38(2)3)17-28(26)35-24-12-15-44-16-13-24/h5-10,17-20,24H,4,11-16H2,1-3H3,(H-,35,36,37,40)/p+1. The van der Waals surface area contributed by atoms with Gasteiger partial charge in [-0.3, -0.25) is 4.79 Å². The van der Waals surface area contributed by atoms with Gasteiger partial charge in [0.2, 0.25) is 5.84 Å². The summed E-state index contributed by atoms with van der Waals surface area (Å²) in [7, 11) is -1.09. The SMILES string of the molecule is CCOC(=O)[N+]1(S(=O)(=O)c2cc(F)cc(F)c2)N=C(NC(=O)c2ccc(CCN(C)C)cc2NC2CCOCC2)c2ccccc21. The third-order valence-electron chi connectivity index (χ3n) is 7.71. The number of sulfonamides is 1. The summed E-state index contributed by atoms with van der Waals surface area (Å²) in [4.78, 5) is 28.7. The molecule has 0 bridgehead atoms. The van der Waals surface area contributed by atoms with Crippen molar-refractivity contribution >= 4 is 39.2 Å². The van der Waals surface area contributed by atoms with Crippen LogP contribution in [0.2, 0.25) is 0 Å². The average Bonchev–Trinajstić information content (AvgIpc) is 3.36. The number of amides is 2. The Morgan fingerprint density at radius 2 is 1.74 bits per heavy atom. The Morgan fingerprint density at radius 1 is 1.04 bits per heavy atom. The first kappa shape index (κ1) is 33.1. The molecule has 2 heterocycles. The van der Waals surface area contributed by atoms with Gasteiger partial charge in [-0.1, -0.05) is 18.2 Å². The number of fused-ring (bicyclic) bond motifs is 1. The van der Waals surface area contributed by atoms with Crippen LogP contribution in [0.3, 0.4) is 0 Å². The van der Waals surface area contributed by atoms with Gasteiger partial charge in [-0.25, -0.2) is 8.78 Å². The molecule has 1 saturated heterocycles. The van der Waals surface area contributed by atoms with Crippen molar-refractivity contribution in [3.8, 4) is 0 Å². The number of carbonyl (C=O) groups excluding carboxylic acids is 2. The van der Waals surface area contributed by atoms with E-state index in [2.05, 4.69) is 20.6 Å². The highest BCUT2D eigenvalue weighted by atomic mass is 32.2. The summed E-state index contributed by atoms with van der Waals surface area (Å²) in [5.74, 6) is -3.17. The fourth-order valence-corrected chi connectivity index (χ4v) is 7.08. The number of quaternary nitrogens is 1. The predicted octanol–water partition coefficient (Wildman–Crippen LogP) is 4.62. The van der Waals surface area contributed by atoms with Crippen LogP contribution in [0.25, 0.3) is 0 Å². The molecular formula is C32H36F2N5O6S+. The van der Waals surface area contributed by atoms with Crippen LogP contribution < -0.4 is 14.6 Å². The lowest BCUT2D eigenvalue weighted by molar-refractivity contribution is 0.0904. The molecule has 0 saturated carbocycles. The number of hydrogen-bond acceptors (Lipinski definition) is 9.